The molecule has 1 fully saturated rings. The zero-order valence-electron chi connectivity index (χ0n) is 18.5. The van der Waals surface area contributed by atoms with Gasteiger partial charge in [0.1, 0.15) is 5.76 Å². The zero-order chi connectivity index (χ0) is 25.4. The van der Waals surface area contributed by atoms with Gasteiger partial charge in [-0.15, -0.1) is 0 Å². The Balaban J connectivity index is 1.43. The van der Waals surface area contributed by atoms with Crippen molar-refractivity contribution in [3.8, 4) is 0 Å². The molecule has 180 valence electrons. The van der Waals surface area contributed by atoms with Crippen molar-refractivity contribution in [2.45, 2.75) is 13.1 Å². The lowest BCUT2D eigenvalue weighted by Gasteiger charge is -2.12. The molecule has 10 nitrogen and oxygen atoms in total. The predicted octanol–water partition coefficient (Wildman–Crippen LogP) is 5.13. The second kappa shape index (κ2) is 9.19. The summed E-state index contributed by atoms with van der Waals surface area (Å²) >= 11 is 0.806. The number of furan rings is 1. The number of carbonyl (C=O) groups excluding carboxylic acids is 2. The maximum absolute atomic E-state index is 13.0. The summed E-state index contributed by atoms with van der Waals surface area (Å²) in [6.45, 7) is 0.200. The number of rotatable bonds is 7. The van der Waals surface area contributed by atoms with Crippen LogP contribution in [0.25, 0.3) is 17.0 Å². The Morgan fingerprint density at radius 1 is 1.08 bits per heavy atom. The third-order valence-corrected chi connectivity index (χ3v) is 6.55. The molecule has 11 heteroatoms. The molecule has 0 radical (unpaired) electrons. The first-order chi connectivity index (χ1) is 17.3. The van der Waals surface area contributed by atoms with Crippen LogP contribution in [0.3, 0.4) is 0 Å². The zero-order valence-corrected chi connectivity index (χ0v) is 19.3. The lowest BCUT2D eigenvalue weighted by Crippen LogP contribution is -2.27. The van der Waals surface area contributed by atoms with Crippen molar-refractivity contribution in [2.75, 3.05) is 0 Å². The number of amides is 2. The second-order valence-corrected chi connectivity index (χ2v) is 8.99. The third-order valence-electron chi connectivity index (χ3n) is 5.64. The number of aromatic nitrogens is 1. The monoisotopic (exact) mass is 503 g/mol. The van der Waals surface area contributed by atoms with E-state index in [4.69, 9.17) is 9.52 Å². The number of nitro groups is 1. The number of aromatic carboxylic acids is 1. The number of carboxylic acid groups (broad SMARTS) is 1. The van der Waals surface area contributed by atoms with Crippen molar-refractivity contribution in [3.63, 3.8) is 0 Å². The number of hydrogen-bond donors (Lipinski definition) is 1. The van der Waals surface area contributed by atoms with Gasteiger partial charge < -0.3 is 14.1 Å². The van der Waals surface area contributed by atoms with Crippen LogP contribution in [0.5, 0.6) is 0 Å². The fraction of sp³-hybridized carbons (Fsp3) is 0.0800. The summed E-state index contributed by atoms with van der Waals surface area (Å²) in [6, 6.07) is 16.3. The first kappa shape index (κ1) is 23.1. The number of non-ortho nitro benzene ring substituents is 1. The lowest BCUT2D eigenvalue weighted by molar-refractivity contribution is -0.384. The van der Waals surface area contributed by atoms with Crippen LogP contribution in [0.4, 0.5) is 10.5 Å². The van der Waals surface area contributed by atoms with Crippen molar-refractivity contribution >= 4 is 51.5 Å². The van der Waals surface area contributed by atoms with E-state index in [0.29, 0.717) is 16.9 Å². The quantitative estimate of drug-likeness (QED) is 0.208. The van der Waals surface area contributed by atoms with Gasteiger partial charge in [0.05, 0.1) is 22.9 Å². The summed E-state index contributed by atoms with van der Waals surface area (Å²) in [7, 11) is 0. The Morgan fingerprint density at radius 2 is 1.89 bits per heavy atom. The number of carboxylic acids is 1. The highest BCUT2D eigenvalue weighted by atomic mass is 32.2. The number of imide groups is 1. The fourth-order valence-electron chi connectivity index (χ4n) is 4.00. The van der Waals surface area contributed by atoms with Gasteiger partial charge in [-0.05, 0) is 41.6 Å². The molecule has 36 heavy (non-hydrogen) atoms. The van der Waals surface area contributed by atoms with Crippen molar-refractivity contribution in [1.82, 2.24) is 9.47 Å². The predicted molar refractivity (Wildman–Crippen MR) is 131 cm³/mol. The van der Waals surface area contributed by atoms with Gasteiger partial charge in [0.15, 0.2) is 0 Å². The standard InChI is InChI=1S/C25H17N3O7S/c29-23-22(36-25(32)27(23)12-15-4-3-5-17(10-15)28(33)34)11-16-13-26(20-7-2-1-6-19(16)20)14-18-8-9-21(35-18)24(30)31/h1-11,13H,12,14H2,(H,30,31)/b22-11-. The van der Waals surface area contributed by atoms with Gasteiger partial charge in [-0.1, -0.05) is 30.3 Å². The van der Waals surface area contributed by atoms with Crippen LogP contribution in [0.15, 0.2) is 76.2 Å². The molecule has 0 aliphatic carbocycles. The molecule has 0 spiro atoms. The molecule has 5 rings (SSSR count). The van der Waals surface area contributed by atoms with E-state index < -0.39 is 22.0 Å². The minimum Gasteiger partial charge on any atom is -0.475 e. The van der Waals surface area contributed by atoms with Crippen molar-refractivity contribution in [3.05, 3.63) is 105 Å². The van der Waals surface area contributed by atoms with E-state index >= 15 is 0 Å². The van der Waals surface area contributed by atoms with Gasteiger partial charge in [-0.3, -0.25) is 24.6 Å². The van der Waals surface area contributed by atoms with Crippen molar-refractivity contribution in [2.24, 2.45) is 0 Å². The lowest BCUT2D eigenvalue weighted by atomic mass is 10.1. The molecule has 4 aromatic rings. The number of thioether (sulfide) groups is 1. The fourth-order valence-corrected chi connectivity index (χ4v) is 4.82. The maximum atomic E-state index is 13.0. The Kier molecular flexibility index (Phi) is 5.90. The number of benzene rings is 2. The van der Waals surface area contributed by atoms with Crippen LogP contribution in [-0.4, -0.2) is 36.6 Å². The number of nitro benzene ring substituents is 1. The van der Waals surface area contributed by atoms with E-state index in [9.17, 15) is 24.5 Å². The normalized spacial score (nSPS) is 14.8. The van der Waals surface area contributed by atoms with Gasteiger partial charge in [0, 0.05) is 34.8 Å². The summed E-state index contributed by atoms with van der Waals surface area (Å²) in [5.41, 5.74) is 1.91. The summed E-state index contributed by atoms with van der Waals surface area (Å²) in [5, 5.41) is 20.5. The molecule has 0 bridgehead atoms. The van der Waals surface area contributed by atoms with E-state index in [1.807, 2.05) is 35.0 Å². The number of carbonyl (C=O) groups is 3. The summed E-state index contributed by atoms with van der Waals surface area (Å²) in [4.78, 5) is 48.6. The molecule has 0 atom stereocenters. The van der Waals surface area contributed by atoms with Crippen LogP contribution < -0.4 is 0 Å². The van der Waals surface area contributed by atoms with Crippen LogP contribution in [-0.2, 0) is 17.9 Å². The molecule has 0 saturated carbocycles. The average Bonchev–Trinajstić information content (AvgIpc) is 3.54. The topological polar surface area (TPSA) is 136 Å². The first-order valence-electron chi connectivity index (χ1n) is 10.7. The Morgan fingerprint density at radius 3 is 2.64 bits per heavy atom. The van der Waals surface area contributed by atoms with E-state index in [0.717, 1.165) is 27.6 Å². The number of nitrogens with zero attached hydrogens (tertiary/aromatic N) is 3. The van der Waals surface area contributed by atoms with Crippen LogP contribution in [0, 0.1) is 10.1 Å². The van der Waals surface area contributed by atoms with Gasteiger partial charge in [0.2, 0.25) is 5.76 Å². The van der Waals surface area contributed by atoms with E-state index in [-0.39, 0.29) is 29.4 Å². The highest BCUT2D eigenvalue weighted by Gasteiger charge is 2.35. The summed E-state index contributed by atoms with van der Waals surface area (Å²) < 4.78 is 7.25. The van der Waals surface area contributed by atoms with Gasteiger partial charge in [-0.2, -0.15) is 0 Å². The van der Waals surface area contributed by atoms with E-state index in [1.54, 1.807) is 18.2 Å². The number of fused-ring (bicyclic) bond motifs is 1. The molecular weight excluding hydrogens is 486 g/mol. The minimum absolute atomic E-state index is 0.0736. The van der Waals surface area contributed by atoms with Crippen LogP contribution in [0.1, 0.15) is 27.4 Å². The van der Waals surface area contributed by atoms with Gasteiger partial charge >= 0.3 is 5.97 Å². The molecule has 2 aromatic carbocycles. The highest BCUT2D eigenvalue weighted by Crippen LogP contribution is 2.35. The van der Waals surface area contributed by atoms with Crippen LogP contribution in [0.2, 0.25) is 0 Å². The Hall–Kier alpha value is -4.64. The number of para-hydroxylation sites is 1. The molecular formula is C25H17N3O7S. The van der Waals surface area contributed by atoms with Crippen LogP contribution >= 0.6 is 11.8 Å². The molecule has 1 aliphatic heterocycles. The van der Waals surface area contributed by atoms with Gasteiger partial charge in [0.25, 0.3) is 16.8 Å². The molecule has 1 N–H and O–H groups in total. The molecule has 1 saturated heterocycles. The maximum Gasteiger partial charge on any atom is 0.371 e. The first-order valence-corrected chi connectivity index (χ1v) is 11.5. The van der Waals surface area contributed by atoms with E-state index in [1.165, 1.54) is 24.3 Å². The third kappa shape index (κ3) is 4.39. The highest BCUT2D eigenvalue weighted by molar-refractivity contribution is 8.18. The SMILES string of the molecule is O=C(O)c1ccc(Cn2cc(/C=C3\SC(=O)N(Cc4cccc([N+](=O)[O-])c4)C3=O)c3ccccc32)o1. The average molecular weight is 503 g/mol. The number of hydrogen-bond acceptors (Lipinski definition) is 7. The van der Waals surface area contributed by atoms with E-state index in [2.05, 4.69) is 0 Å². The Bertz CT molecular complexity index is 1580. The molecule has 0 unspecified atom stereocenters. The molecule has 3 heterocycles. The second-order valence-electron chi connectivity index (χ2n) is 8.00. The molecule has 2 amide bonds. The Labute approximate surface area is 207 Å². The minimum atomic E-state index is -1.15. The van der Waals surface area contributed by atoms with Crippen molar-refractivity contribution in [1.29, 1.82) is 0 Å². The molecule has 1 aliphatic rings. The molecule has 2 aromatic heterocycles. The summed E-state index contributed by atoms with van der Waals surface area (Å²) in [6.07, 6.45) is 3.45. The van der Waals surface area contributed by atoms with Gasteiger partial charge in [-0.25, -0.2) is 4.79 Å². The van der Waals surface area contributed by atoms with Crippen molar-refractivity contribution < 1.29 is 28.8 Å². The summed E-state index contributed by atoms with van der Waals surface area (Å²) in [5.74, 6) is -1.33. The largest absolute Gasteiger partial charge is 0.475 e. The smallest absolute Gasteiger partial charge is 0.371 e.